The molecule has 9 nitrogen and oxygen atoms in total. The molecule has 0 amide bonds. The van der Waals surface area contributed by atoms with Crippen molar-refractivity contribution in [1.29, 1.82) is 0 Å². The number of sulfonamides is 1. The zero-order valence-electron chi connectivity index (χ0n) is 16.9. The highest BCUT2D eigenvalue weighted by Gasteiger charge is 2.20. The molecule has 2 aromatic carbocycles. The number of imidazole rings is 1. The maximum absolute atomic E-state index is 12.9. The van der Waals surface area contributed by atoms with E-state index in [1.54, 1.807) is 72.7 Å². The van der Waals surface area contributed by atoms with Crippen LogP contribution in [0, 0.1) is 0 Å². The van der Waals surface area contributed by atoms with Gasteiger partial charge in [-0.25, -0.2) is 23.4 Å². The predicted molar refractivity (Wildman–Crippen MR) is 125 cm³/mol. The molecule has 0 saturated heterocycles. The third kappa shape index (κ3) is 5.06. The van der Waals surface area contributed by atoms with Gasteiger partial charge in [0.05, 0.1) is 6.61 Å². The van der Waals surface area contributed by atoms with Gasteiger partial charge in [0, 0.05) is 34.3 Å². The molecule has 0 aliphatic carbocycles. The molecule has 0 atom stereocenters. The van der Waals surface area contributed by atoms with Crippen LogP contribution in [0.3, 0.4) is 0 Å². The summed E-state index contributed by atoms with van der Waals surface area (Å²) >= 11 is 3.31. The number of halogens is 1. The second-order valence-corrected chi connectivity index (χ2v) is 9.13. The smallest absolute Gasteiger partial charge is 0.265 e. The van der Waals surface area contributed by atoms with E-state index in [2.05, 4.69) is 40.9 Å². The monoisotopic (exact) mass is 514 g/mol. The average molecular weight is 515 g/mol. The molecular formula is C21H19BrN6O3S. The van der Waals surface area contributed by atoms with Crippen LogP contribution in [-0.2, 0) is 10.0 Å². The van der Waals surface area contributed by atoms with Gasteiger partial charge in [0.2, 0.25) is 0 Å². The molecule has 0 spiro atoms. The average Bonchev–Trinajstić information content (AvgIpc) is 3.32. The molecular weight excluding hydrogens is 496 g/mol. The molecule has 2 aromatic heterocycles. The first-order valence-corrected chi connectivity index (χ1v) is 11.8. The molecule has 0 unspecified atom stereocenters. The summed E-state index contributed by atoms with van der Waals surface area (Å²) in [5.74, 6) is 1.55. The lowest BCUT2D eigenvalue weighted by molar-refractivity contribution is 0.331. The SMILES string of the molecule is CCOc1ccc(Br)cc1S(=O)(=O)Nc1ccc(Nc2cc(-n3ccnc3)ncn2)cc1. The molecule has 0 fully saturated rings. The zero-order valence-corrected chi connectivity index (χ0v) is 19.3. The van der Waals surface area contributed by atoms with E-state index < -0.39 is 10.0 Å². The van der Waals surface area contributed by atoms with Crippen LogP contribution in [0.25, 0.3) is 5.82 Å². The molecule has 11 heteroatoms. The van der Waals surface area contributed by atoms with Crippen molar-refractivity contribution in [2.45, 2.75) is 11.8 Å². The van der Waals surface area contributed by atoms with E-state index in [9.17, 15) is 8.42 Å². The largest absolute Gasteiger partial charge is 0.492 e. The van der Waals surface area contributed by atoms with Crippen LogP contribution >= 0.6 is 15.9 Å². The maximum atomic E-state index is 12.9. The Bertz CT molecular complexity index is 1310. The Labute approximate surface area is 193 Å². The normalized spacial score (nSPS) is 11.2. The van der Waals surface area contributed by atoms with Crippen molar-refractivity contribution in [2.75, 3.05) is 16.6 Å². The lowest BCUT2D eigenvalue weighted by Gasteiger charge is -2.13. The first kappa shape index (κ1) is 21.8. The van der Waals surface area contributed by atoms with Crippen molar-refractivity contribution < 1.29 is 13.2 Å². The lowest BCUT2D eigenvalue weighted by atomic mass is 10.3. The highest BCUT2D eigenvalue weighted by molar-refractivity contribution is 9.10. The summed E-state index contributed by atoms with van der Waals surface area (Å²) < 4.78 is 36.3. The van der Waals surface area contributed by atoms with Crippen molar-refractivity contribution in [1.82, 2.24) is 19.5 Å². The van der Waals surface area contributed by atoms with E-state index in [4.69, 9.17) is 4.74 Å². The second-order valence-electron chi connectivity index (χ2n) is 6.56. The minimum Gasteiger partial charge on any atom is -0.492 e. The number of hydrogen-bond donors (Lipinski definition) is 2. The number of aromatic nitrogens is 4. The minimum atomic E-state index is -3.85. The number of ether oxygens (including phenoxy) is 1. The molecule has 164 valence electrons. The van der Waals surface area contributed by atoms with Gasteiger partial charge >= 0.3 is 0 Å². The number of nitrogens with zero attached hydrogens (tertiary/aromatic N) is 4. The van der Waals surface area contributed by atoms with Crippen molar-refractivity contribution in [3.05, 3.63) is 78.1 Å². The molecule has 4 aromatic rings. The van der Waals surface area contributed by atoms with Crippen molar-refractivity contribution in [2.24, 2.45) is 0 Å². The highest BCUT2D eigenvalue weighted by Crippen LogP contribution is 2.29. The summed E-state index contributed by atoms with van der Waals surface area (Å²) in [6.07, 6.45) is 6.55. The molecule has 32 heavy (non-hydrogen) atoms. The van der Waals surface area contributed by atoms with Gasteiger partial charge in [0.25, 0.3) is 10.0 Å². The van der Waals surface area contributed by atoms with Crippen LogP contribution in [0.5, 0.6) is 5.75 Å². The molecule has 0 bridgehead atoms. The number of rotatable bonds is 8. The number of nitrogens with one attached hydrogen (secondary N) is 2. The quantitative estimate of drug-likeness (QED) is 0.359. The van der Waals surface area contributed by atoms with Gasteiger partial charge in [0.15, 0.2) is 0 Å². The van der Waals surface area contributed by atoms with Gasteiger partial charge in [-0.1, -0.05) is 15.9 Å². The highest BCUT2D eigenvalue weighted by atomic mass is 79.9. The van der Waals surface area contributed by atoms with Crippen molar-refractivity contribution in [3.63, 3.8) is 0 Å². The summed E-state index contributed by atoms with van der Waals surface area (Å²) in [7, 11) is -3.85. The van der Waals surface area contributed by atoms with Crippen LogP contribution in [0.2, 0.25) is 0 Å². The van der Waals surface area contributed by atoms with Crippen molar-refractivity contribution in [3.8, 4) is 11.6 Å². The number of anilines is 3. The zero-order chi connectivity index (χ0) is 22.6. The van der Waals surface area contributed by atoms with E-state index in [0.29, 0.717) is 34.2 Å². The Morgan fingerprint density at radius 1 is 1.06 bits per heavy atom. The maximum Gasteiger partial charge on any atom is 0.265 e. The number of benzene rings is 2. The molecule has 0 aliphatic rings. The Balaban J connectivity index is 1.50. The first-order chi connectivity index (χ1) is 15.4. The molecule has 2 heterocycles. The Morgan fingerprint density at radius 3 is 2.56 bits per heavy atom. The summed E-state index contributed by atoms with van der Waals surface area (Å²) in [5, 5.41) is 3.17. The summed E-state index contributed by atoms with van der Waals surface area (Å²) in [6.45, 7) is 2.16. The fourth-order valence-corrected chi connectivity index (χ4v) is 4.64. The second kappa shape index (κ2) is 9.37. The predicted octanol–water partition coefficient (Wildman–Crippen LogP) is 4.37. The van der Waals surface area contributed by atoms with E-state index in [1.165, 1.54) is 12.4 Å². The van der Waals surface area contributed by atoms with Gasteiger partial charge in [-0.2, -0.15) is 0 Å². The third-order valence-corrected chi connectivity index (χ3v) is 6.22. The molecule has 2 N–H and O–H groups in total. The van der Waals surface area contributed by atoms with E-state index in [-0.39, 0.29) is 4.90 Å². The van der Waals surface area contributed by atoms with Crippen molar-refractivity contribution >= 4 is 43.1 Å². The van der Waals surface area contributed by atoms with Gasteiger partial charge in [-0.3, -0.25) is 9.29 Å². The van der Waals surface area contributed by atoms with Gasteiger partial charge < -0.3 is 10.1 Å². The summed E-state index contributed by atoms with van der Waals surface area (Å²) in [4.78, 5) is 12.5. The first-order valence-electron chi connectivity index (χ1n) is 9.57. The third-order valence-electron chi connectivity index (χ3n) is 4.33. The molecule has 0 saturated carbocycles. The standard InChI is InChI=1S/C21H19BrN6O3S/c1-2-31-18-8-3-15(22)11-19(18)32(29,30)27-17-6-4-16(5-7-17)26-20-12-21(25-13-24-20)28-10-9-23-14-28/h3-14,27H,2H2,1H3,(H,24,25,26). The van der Waals surface area contributed by atoms with Crippen LogP contribution in [0.15, 0.2) is 82.9 Å². The molecule has 0 aliphatic heterocycles. The van der Waals surface area contributed by atoms with Crippen LogP contribution in [0.1, 0.15) is 6.92 Å². The summed E-state index contributed by atoms with van der Waals surface area (Å²) in [5.41, 5.74) is 1.15. The lowest BCUT2D eigenvalue weighted by Crippen LogP contribution is -2.14. The molecule has 0 radical (unpaired) electrons. The Morgan fingerprint density at radius 2 is 1.84 bits per heavy atom. The Hall–Kier alpha value is -3.44. The van der Waals surface area contributed by atoms with Gasteiger partial charge in [0.1, 0.15) is 34.9 Å². The number of hydrogen-bond acceptors (Lipinski definition) is 7. The fourth-order valence-electron chi connectivity index (χ4n) is 2.90. The van der Waals surface area contributed by atoms with E-state index in [1.807, 2.05) is 0 Å². The summed E-state index contributed by atoms with van der Waals surface area (Å²) in [6, 6.07) is 13.5. The topological polar surface area (TPSA) is 111 Å². The van der Waals surface area contributed by atoms with Gasteiger partial charge in [-0.05, 0) is 49.4 Å². The van der Waals surface area contributed by atoms with Gasteiger partial charge in [-0.15, -0.1) is 0 Å². The molecule has 4 rings (SSSR count). The van der Waals surface area contributed by atoms with E-state index >= 15 is 0 Å². The Kier molecular flexibility index (Phi) is 6.37. The minimum absolute atomic E-state index is 0.0592. The van der Waals surface area contributed by atoms with Crippen LogP contribution in [-0.4, -0.2) is 34.5 Å². The van der Waals surface area contributed by atoms with Crippen LogP contribution < -0.4 is 14.8 Å². The van der Waals surface area contributed by atoms with Crippen LogP contribution in [0.4, 0.5) is 17.2 Å². The van der Waals surface area contributed by atoms with E-state index in [0.717, 1.165) is 5.69 Å². The fraction of sp³-hybridized carbons (Fsp3) is 0.0952.